The summed E-state index contributed by atoms with van der Waals surface area (Å²) in [5, 5.41) is 0. The van der Waals surface area contributed by atoms with E-state index in [2.05, 4.69) is 86.6 Å². The number of benzene rings is 3. The molecule has 0 spiro atoms. The molecule has 270 valence electrons. The molecule has 0 aliphatic heterocycles. The summed E-state index contributed by atoms with van der Waals surface area (Å²) in [6.45, 7) is 7.30. The van der Waals surface area contributed by atoms with Crippen LogP contribution < -0.4 is 4.74 Å². The zero-order valence-electron chi connectivity index (χ0n) is 31.5. The molecule has 3 aromatic rings. The molecule has 0 amide bonds. The summed E-state index contributed by atoms with van der Waals surface area (Å²) in [6, 6.07) is 25.6. The van der Waals surface area contributed by atoms with Crippen LogP contribution in [0.1, 0.15) is 174 Å². The summed E-state index contributed by atoms with van der Waals surface area (Å²) in [5.74, 6) is 0.848. The Kier molecular flexibility index (Phi) is 21.3. The Morgan fingerprint density at radius 2 is 0.918 bits per heavy atom. The lowest BCUT2D eigenvalue weighted by Gasteiger charge is -2.15. The molecule has 0 saturated heterocycles. The van der Waals surface area contributed by atoms with Crippen molar-refractivity contribution in [1.29, 1.82) is 0 Å². The van der Waals surface area contributed by atoms with E-state index < -0.39 is 0 Å². The van der Waals surface area contributed by atoms with E-state index in [0.29, 0.717) is 6.42 Å². The van der Waals surface area contributed by atoms with Gasteiger partial charge >= 0.3 is 5.97 Å². The molecule has 3 nitrogen and oxygen atoms in total. The number of carbonyl (C=O) groups is 1. The Balaban J connectivity index is 1.36. The molecule has 0 heterocycles. The molecule has 3 heteroatoms. The molecular formula is C46H68O3. The number of hydrogen-bond donors (Lipinski definition) is 0. The third-order valence-electron chi connectivity index (χ3n) is 9.84. The van der Waals surface area contributed by atoms with Gasteiger partial charge in [-0.3, -0.25) is 4.79 Å². The van der Waals surface area contributed by atoms with Crippen molar-refractivity contribution in [1.82, 2.24) is 0 Å². The van der Waals surface area contributed by atoms with Gasteiger partial charge in [-0.1, -0.05) is 197 Å². The average molecular weight is 669 g/mol. The highest BCUT2D eigenvalue weighted by molar-refractivity contribution is 5.83. The molecule has 0 saturated carbocycles. The summed E-state index contributed by atoms with van der Waals surface area (Å²) in [6.07, 6.45) is 27.7. The number of esters is 1. The molecule has 0 fully saturated rings. The number of hydrogen-bond acceptors (Lipinski definition) is 3. The van der Waals surface area contributed by atoms with Gasteiger partial charge in [0.25, 0.3) is 0 Å². The minimum atomic E-state index is -0.252. The van der Waals surface area contributed by atoms with Crippen LogP contribution >= 0.6 is 0 Å². The van der Waals surface area contributed by atoms with Crippen LogP contribution in [-0.4, -0.2) is 12.6 Å². The van der Waals surface area contributed by atoms with Gasteiger partial charge in [0.05, 0.1) is 6.61 Å². The Hall–Kier alpha value is -3.07. The molecule has 0 bridgehead atoms. The number of unbranched alkanes of at least 4 members (excludes halogenated alkanes) is 19. The first kappa shape index (κ1) is 40.4. The van der Waals surface area contributed by atoms with Gasteiger partial charge in [0.15, 0.2) is 0 Å². The maximum Gasteiger partial charge on any atom is 0.306 e. The van der Waals surface area contributed by atoms with Gasteiger partial charge in [-0.05, 0) is 59.7 Å². The molecule has 0 N–H and O–H groups in total. The molecule has 3 aromatic carbocycles. The van der Waals surface area contributed by atoms with Gasteiger partial charge in [0.2, 0.25) is 0 Å². The monoisotopic (exact) mass is 669 g/mol. The third-order valence-corrected chi connectivity index (χ3v) is 9.84. The van der Waals surface area contributed by atoms with Gasteiger partial charge in [-0.2, -0.15) is 0 Å². The van der Waals surface area contributed by atoms with E-state index in [1.54, 1.807) is 0 Å². The van der Waals surface area contributed by atoms with Crippen molar-refractivity contribution in [2.45, 2.75) is 168 Å². The van der Waals surface area contributed by atoms with Crippen molar-refractivity contribution in [2.24, 2.45) is 0 Å². The molecular weight excluding hydrogens is 601 g/mol. The molecule has 0 radical (unpaired) electrons. The van der Waals surface area contributed by atoms with Crippen LogP contribution in [0.25, 0.3) is 22.3 Å². The topological polar surface area (TPSA) is 35.5 Å². The smallest absolute Gasteiger partial charge is 0.306 e. The minimum absolute atomic E-state index is 0.0913. The normalized spacial score (nSPS) is 11.8. The highest BCUT2D eigenvalue weighted by Gasteiger charge is 2.13. The van der Waals surface area contributed by atoms with Crippen LogP contribution in [0.3, 0.4) is 0 Å². The van der Waals surface area contributed by atoms with Gasteiger partial charge < -0.3 is 9.47 Å². The van der Waals surface area contributed by atoms with Crippen LogP contribution in [0.2, 0.25) is 0 Å². The van der Waals surface area contributed by atoms with Gasteiger partial charge in [-0.15, -0.1) is 0 Å². The molecule has 1 unspecified atom stereocenters. The van der Waals surface area contributed by atoms with Crippen LogP contribution in [0.4, 0.5) is 0 Å². The van der Waals surface area contributed by atoms with Crippen molar-refractivity contribution in [3.63, 3.8) is 0 Å². The molecule has 3 rings (SSSR count). The zero-order valence-corrected chi connectivity index (χ0v) is 31.5. The van der Waals surface area contributed by atoms with Crippen LogP contribution in [0, 0.1) is 0 Å². The Bertz CT molecular complexity index is 1250. The fourth-order valence-corrected chi connectivity index (χ4v) is 6.69. The minimum Gasteiger partial charge on any atom is -0.494 e. The van der Waals surface area contributed by atoms with E-state index in [9.17, 15) is 4.79 Å². The lowest BCUT2D eigenvalue weighted by atomic mass is 9.93. The Morgan fingerprint density at radius 3 is 1.39 bits per heavy atom. The van der Waals surface area contributed by atoms with Crippen LogP contribution in [0.5, 0.6) is 5.75 Å². The van der Waals surface area contributed by atoms with E-state index in [1.165, 1.54) is 132 Å². The zero-order chi connectivity index (χ0) is 34.8. The highest BCUT2D eigenvalue weighted by Crippen LogP contribution is 2.34. The first-order chi connectivity index (χ1) is 24.1. The standard InChI is InChI=1S/C46H68O3/c1-4-6-8-10-12-14-15-16-18-20-22-26-38-48-43-36-34-42(35-37-43)45-28-25-24-27-44(45)41-32-30-40(31-33-41)39(3)49-46(47)29-23-21-19-17-13-11-9-7-5-2/h24-25,27-28,30-37,39H,4-23,26,29,38H2,1-3H3. The van der Waals surface area contributed by atoms with E-state index in [1.807, 2.05) is 6.92 Å². The second-order valence-electron chi connectivity index (χ2n) is 14.1. The van der Waals surface area contributed by atoms with Crippen molar-refractivity contribution < 1.29 is 14.3 Å². The van der Waals surface area contributed by atoms with E-state index in [0.717, 1.165) is 42.7 Å². The van der Waals surface area contributed by atoms with Crippen LogP contribution in [-0.2, 0) is 9.53 Å². The predicted octanol–water partition coefficient (Wildman–Crippen LogP) is 14.6. The van der Waals surface area contributed by atoms with Crippen molar-refractivity contribution in [3.8, 4) is 28.0 Å². The van der Waals surface area contributed by atoms with Gasteiger partial charge in [0.1, 0.15) is 11.9 Å². The Morgan fingerprint density at radius 1 is 0.510 bits per heavy atom. The lowest BCUT2D eigenvalue weighted by molar-refractivity contribution is -0.148. The molecule has 49 heavy (non-hydrogen) atoms. The van der Waals surface area contributed by atoms with Gasteiger partial charge in [0, 0.05) is 6.42 Å². The summed E-state index contributed by atoms with van der Waals surface area (Å²) >= 11 is 0. The van der Waals surface area contributed by atoms with Crippen molar-refractivity contribution in [3.05, 3.63) is 78.4 Å². The second kappa shape index (κ2) is 25.8. The summed E-state index contributed by atoms with van der Waals surface area (Å²) in [4.78, 5) is 12.5. The fraction of sp³-hybridized carbons (Fsp3) is 0.587. The Labute approximate surface area is 300 Å². The average Bonchev–Trinajstić information content (AvgIpc) is 3.13. The first-order valence-corrected chi connectivity index (χ1v) is 20.2. The van der Waals surface area contributed by atoms with Crippen molar-refractivity contribution in [2.75, 3.05) is 6.61 Å². The number of carbonyl (C=O) groups excluding carboxylic acids is 1. The largest absolute Gasteiger partial charge is 0.494 e. The van der Waals surface area contributed by atoms with Crippen molar-refractivity contribution >= 4 is 5.97 Å². The summed E-state index contributed by atoms with van der Waals surface area (Å²) in [5.41, 5.74) is 5.74. The summed E-state index contributed by atoms with van der Waals surface area (Å²) in [7, 11) is 0. The molecule has 0 aliphatic carbocycles. The quantitative estimate of drug-likeness (QED) is 0.0570. The molecule has 0 aliphatic rings. The summed E-state index contributed by atoms with van der Waals surface area (Å²) < 4.78 is 11.9. The SMILES string of the molecule is CCCCCCCCCCCCCCOc1ccc(-c2ccccc2-c2ccc(C(C)OC(=O)CCCCCCCCCCC)cc2)cc1. The maximum absolute atomic E-state index is 12.5. The highest BCUT2D eigenvalue weighted by atomic mass is 16.5. The molecule has 0 aromatic heterocycles. The number of ether oxygens (including phenoxy) is 2. The van der Waals surface area contributed by atoms with Crippen LogP contribution in [0.15, 0.2) is 72.8 Å². The fourth-order valence-electron chi connectivity index (χ4n) is 6.69. The van der Waals surface area contributed by atoms with Gasteiger partial charge in [-0.25, -0.2) is 0 Å². The lowest BCUT2D eigenvalue weighted by Crippen LogP contribution is -2.08. The van der Waals surface area contributed by atoms with E-state index in [-0.39, 0.29) is 12.1 Å². The maximum atomic E-state index is 12.5. The molecule has 1 atom stereocenters. The third kappa shape index (κ3) is 16.9. The second-order valence-corrected chi connectivity index (χ2v) is 14.1. The number of rotatable bonds is 28. The van der Waals surface area contributed by atoms with E-state index >= 15 is 0 Å². The van der Waals surface area contributed by atoms with E-state index in [4.69, 9.17) is 9.47 Å². The predicted molar refractivity (Wildman–Crippen MR) is 210 cm³/mol. The first-order valence-electron chi connectivity index (χ1n) is 20.2.